The van der Waals surface area contributed by atoms with Gasteiger partial charge in [0.1, 0.15) is 12.4 Å². The second-order valence-electron chi connectivity index (χ2n) is 9.46. The van der Waals surface area contributed by atoms with E-state index in [0.29, 0.717) is 35.8 Å². The van der Waals surface area contributed by atoms with Gasteiger partial charge in [-0.15, -0.1) is 0 Å². The van der Waals surface area contributed by atoms with E-state index in [9.17, 15) is 14.4 Å². The minimum absolute atomic E-state index is 0.0289. The van der Waals surface area contributed by atoms with E-state index in [-0.39, 0.29) is 42.8 Å². The van der Waals surface area contributed by atoms with E-state index in [1.165, 1.54) is 0 Å². The average molecular weight is 515 g/mol. The number of rotatable bonds is 10. The average Bonchev–Trinajstić information content (AvgIpc) is 2.88. The highest BCUT2D eigenvalue weighted by molar-refractivity contribution is 6.32. The molecule has 1 aliphatic rings. The van der Waals surface area contributed by atoms with Crippen LogP contribution in [0.5, 0.6) is 5.75 Å². The van der Waals surface area contributed by atoms with Crippen LogP contribution >= 0.6 is 11.6 Å². The zero-order valence-electron chi connectivity index (χ0n) is 21.2. The third-order valence-corrected chi connectivity index (χ3v) is 6.66. The standard InChI is InChI=1S/C28H35ClN2O5/c1-19(2)36-26-10-9-22(16-24(26)29)25(32)17-23(27(33)30-3)15-20-11-13-31(14-12-20)28(34)35-18-21-7-5-4-6-8-21/h4-10,16,19-20,23H,11-15,17-18H2,1-3H3,(H,30,33)/t23-/m1/s1. The summed E-state index contributed by atoms with van der Waals surface area (Å²) in [5.74, 6) is 0.0284. The Labute approximate surface area is 218 Å². The van der Waals surface area contributed by atoms with E-state index in [4.69, 9.17) is 21.1 Å². The van der Waals surface area contributed by atoms with Crippen LogP contribution < -0.4 is 10.1 Å². The summed E-state index contributed by atoms with van der Waals surface area (Å²) < 4.78 is 11.1. The lowest BCUT2D eigenvalue weighted by Crippen LogP contribution is -2.40. The van der Waals surface area contributed by atoms with Gasteiger partial charge in [-0.25, -0.2) is 4.79 Å². The Morgan fingerprint density at radius 2 is 1.78 bits per heavy atom. The zero-order valence-corrected chi connectivity index (χ0v) is 21.9. The predicted molar refractivity (Wildman–Crippen MR) is 139 cm³/mol. The van der Waals surface area contributed by atoms with Gasteiger partial charge in [-0.05, 0) is 62.8 Å². The summed E-state index contributed by atoms with van der Waals surface area (Å²) in [4.78, 5) is 39.7. The van der Waals surface area contributed by atoms with Gasteiger partial charge in [-0.1, -0.05) is 41.9 Å². The highest BCUT2D eigenvalue weighted by Crippen LogP contribution is 2.30. The molecule has 1 atom stereocenters. The Balaban J connectivity index is 1.52. The molecular formula is C28H35ClN2O5. The molecule has 0 spiro atoms. The van der Waals surface area contributed by atoms with E-state index in [0.717, 1.165) is 18.4 Å². The van der Waals surface area contributed by atoms with Crippen LogP contribution in [0.25, 0.3) is 0 Å². The lowest BCUT2D eigenvalue weighted by molar-refractivity contribution is -0.125. The fourth-order valence-electron chi connectivity index (χ4n) is 4.42. The summed E-state index contributed by atoms with van der Waals surface area (Å²) in [6, 6.07) is 14.6. The second-order valence-corrected chi connectivity index (χ2v) is 9.86. The molecule has 1 heterocycles. The molecule has 2 aromatic carbocycles. The van der Waals surface area contributed by atoms with Gasteiger partial charge in [0.2, 0.25) is 5.91 Å². The van der Waals surface area contributed by atoms with Crippen molar-refractivity contribution in [3.63, 3.8) is 0 Å². The number of Topliss-reactive ketones (excluding diaryl/α,β-unsaturated/α-hetero) is 1. The van der Waals surface area contributed by atoms with Gasteiger partial charge in [0.25, 0.3) is 0 Å². The van der Waals surface area contributed by atoms with Crippen molar-refractivity contribution in [2.75, 3.05) is 20.1 Å². The summed E-state index contributed by atoms with van der Waals surface area (Å²) in [6.45, 7) is 5.19. The minimum atomic E-state index is -0.450. The molecule has 0 aliphatic carbocycles. The largest absolute Gasteiger partial charge is 0.489 e. The van der Waals surface area contributed by atoms with Crippen LogP contribution in [0.1, 0.15) is 55.5 Å². The van der Waals surface area contributed by atoms with Crippen LogP contribution in [0, 0.1) is 11.8 Å². The molecule has 3 rings (SSSR count). The molecular weight excluding hydrogens is 480 g/mol. The van der Waals surface area contributed by atoms with Crippen molar-refractivity contribution in [2.45, 2.75) is 52.2 Å². The quantitative estimate of drug-likeness (QED) is 0.423. The smallest absolute Gasteiger partial charge is 0.410 e. The Hall–Kier alpha value is -3.06. The van der Waals surface area contributed by atoms with Crippen molar-refractivity contribution in [2.24, 2.45) is 11.8 Å². The third kappa shape index (κ3) is 7.98. The first-order valence-electron chi connectivity index (χ1n) is 12.4. The molecule has 0 radical (unpaired) electrons. The Kier molecular flexibility index (Phi) is 10.2. The maximum absolute atomic E-state index is 13.0. The van der Waals surface area contributed by atoms with Crippen molar-refractivity contribution in [1.29, 1.82) is 0 Å². The fraction of sp³-hybridized carbons (Fsp3) is 0.464. The molecule has 1 fully saturated rings. The summed E-state index contributed by atoms with van der Waals surface area (Å²) in [5.41, 5.74) is 1.41. The number of likely N-dealkylation sites (tertiary alicyclic amines) is 1. The van der Waals surface area contributed by atoms with Gasteiger partial charge in [0, 0.05) is 38.0 Å². The van der Waals surface area contributed by atoms with Gasteiger partial charge in [-0.2, -0.15) is 0 Å². The predicted octanol–water partition coefficient (Wildman–Crippen LogP) is 5.50. The molecule has 0 aromatic heterocycles. The normalized spacial score (nSPS) is 14.9. The van der Waals surface area contributed by atoms with Crippen LogP contribution in [0.4, 0.5) is 4.79 Å². The molecule has 0 bridgehead atoms. The second kappa shape index (κ2) is 13.3. The number of amides is 2. The van der Waals surface area contributed by atoms with E-state index < -0.39 is 5.92 Å². The number of ether oxygens (including phenoxy) is 2. The van der Waals surface area contributed by atoms with Crippen LogP contribution in [0.3, 0.4) is 0 Å². The molecule has 1 N–H and O–H groups in total. The number of carbonyl (C=O) groups excluding carboxylic acids is 3. The molecule has 0 saturated carbocycles. The Morgan fingerprint density at radius 3 is 2.39 bits per heavy atom. The Morgan fingerprint density at radius 1 is 1.08 bits per heavy atom. The number of halogens is 1. The first-order valence-corrected chi connectivity index (χ1v) is 12.8. The third-order valence-electron chi connectivity index (χ3n) is 6.36. The number of nitrogens with zero attached hydrogens (tertiary/aromatic N) is 1. The lowest BCUT2D eigenvalue weighted by atomic mass is 9.84. The van der Waals surface area contributed by atoms with E-state index in [1.54, 1.807) is 30.1 Å². The highest BCUT2D eigenvalue weighted by atomic mass is 35.5. The topological polar surface area (TPSA) is 84.9 Å². The number of benzene rings is 2. The number of hydrogen-bond donors (Lipinski definition) is 1. The first-order chi connectivity index (χ1) is 17.3. The van der Waals surface area contributed by atoms with Gasteiger partial charge < -0.3 is 19.7 Å². The highest BCUT2D eigenvalue weighted by Gasteiger charge is 2.29. The zero-order chi connectivity index (χ0) is 26.1. The van der Waals surface area contributed by atoms with Crippen LogP contribution in [-0.4, -0.2) is 48.9 Å². The molecule has 1 saturated heterocycles. The van der Waals surface area contributed by atoms with Crippen molar-refractivity contribution in [3.8, 4) is 5.75 Å². The summed E-state index contributed by atoms with van der Waals surface area (Å²) in [6.07, 6.45) is 1.85. The number of ketones is 1. The van der Waals surface area contributed by atoms with Crippen LogP contribution in [0.2, 0.25) is 5.02 Å². The SMILES string of the molecule is CNC(=O)[C@@H](CC(=O)c1ccc(OC(C)C)c(Cl)c1)CC1CCN(C(=O)OCc2ccccc2)CC1. The molecule has 2 amide bonds. The number of carbonyl (C=O) groups is 3. The van der Waals surface area contributed by atoms with Crippen LogP contribution in [0.15, 0.2) is 48.5 Å². The van der Waals surface area contributed by atoms with Gasteiger partial charge >= 0.3 is 6.09 Å². The summed E-state index contributed by atoms with van der Waals surface area (Å²) in [7, 11) is 1.58. The molecule has 194 valence electrons. The molecule has 0 unspecified atom stereocenters. The van der Waals surface area contributed by atoms with Gasteiger partial charge in [-0.3, -0.25) is 9.59 Å². The van der Waals surface area contributed by atoms with Crippen LogP contribution in [-0.2, 0) is 16.1 Å². The van der Waals surface area contributed by atoms with Crippen molar-refractivity contribution >= 4 is 29.4 Å². The summed E-state index contributed by atoms with van der Waals surface area (Å²) >= 11 is 6.30. The number of nitrogens with one attached hydrogen (secondary N) is 1. The van der Waals surface area contributed by atoms with Crippen molar-refractivity contribution in [3.05, 3.63) is 64.7 Å². The fourth-order valence-corrected chi connectivity index (χ4v) is 4.64. The van der Waals surface area contributed by atoms with E-state index in [2.05, 4.69) is 5.32 Å². The molecule has 7 nitrogen and oxygen atoms in total. The molecule has 36 heavy (non-hydrogen) atoms. The van der Waals surface area contributed by atoms with E-state index >= 15 is 0 Å². The molecule has 1 aliphatic heterocycles. The number of piperidine rings is 1. The monoisotopic (exact) mass is 514 g/mol. The van der Waals surface area contributed by atoms with Crippen molar-refractivity contribution in [1.82, 2.24) is 10.2 Å². The van der Waals surface area contributed by atoms with Gasteiger partial charge in [0.05, 0.1) is 11.1 Å². The Bertz CT molecular complexity index is 1040. The summed E-state index contributed by atoms with van der Waals surface area (Å²) in [5, 5.41) is 3.06. The first kappa shape index (κ1) is 27.5. The van der Waals surface area contributed by atoms with E-state index in [1.807, 2.05) is 44.2 Å². The maximum atomic E-state index is 13.0. The number of hydrogen-bond acceptors (Lipinski definition) is 5. The van der Waals surface area contributed by atoms with Gasteiger partial charge in [0.15, 0.2) is 5.78 Å². The lowest BCUT2D eigenvalue weighted by Gasteiger charge is -2.32. The minimum Gasteiger partial charge on any atom is -0.489 e. The molecule has 8 heteroatoms. The maximum Gasteiger partial charge on any atom is 0.410 e. The van der Waals surface area contributed by atoms with Crippen molar-refractivity contribution < 1.29 is 23.9 Å². The molecule has 2 aromatic rings.